The minimum Gasteiger partial charge on any atom is -0.480 e. The molecule has 0 fully saturated rings. The van der Waals surface area contributed by atoms with Crippen LogP contribution in [-0.2, 0) is 14.3 Å². The summed E-state index contributed by atoms with van der Waals surface area (Å²) in [6.07, 6.45) is 0.555. The molecule has 0 heterocycles. The minimum atomic E-state index is -1.09. The zero-order valence-electron chi connectivity index (χ0n) is 20.3. The molecular weight excluding hydrogens is 432 g/mol. The second kappa shape index (κ2) is 10.7. The number of benzene rings is 2. The number of fused-ring (bicyclic) bond motifs is 3. The average Bonchev–Trinajstić information content (AvgIpc) is 3.11. The normalized spacial score (nSPS) is 14.5. The van der Waals surface area contributed by atoms with Gasteiger partial charge in [0.15, 0.2) is 0 Å². The number of carboxylic acid groups (broad SMARTS) is 1. The number of ether oxygens (including phenoxy) is 1. The summed E-state index contributed by atoms with van der Waals surface area (Å²) in [5, 5.41) is 14.6. The molecule has 0 spiro atoms. The number of carboxylic acids is 1. The maximum Gasteiger partial charge on any atom is 0.407 e. The van der Waals surface area contributed by atoms with E-state index in [0.29, 0.717) is 19.3 Å². The van der Waals surface area contributed by atoms with Gasteiger partial charge in [0.05, 0.1) is 0 Å². The molecule has 0 saturated carbocycles. The van der Waals surface area contributed by atoms with Crippen LogP contribution < -0.4 is 10.6 Å². The van der Waals surface area contributed by atoms with E-state index < -0.39 is 30.1 Å². The Labute approximate surface area is 200 Å². The molecule has 1 unspecified atom stereocenters. The molecule has 0 saturated heterocycles. The lowest BCUT2D eigenvalue weighted by atomic mass is 9.88. The summed E-state index contributed by atoms with van der Waals surface area (Å²) in [5.74, 6) is -1.70. The Balaban J connectivity index is 1.59. The number of alkyl carbamates (subject to hydrolysis) is 1. The molecule has 2 amide bonds. The van der Waals surface area contributed by atoms with E-state index in [0.717, 1.165) is 22.3 Å². The van der Waals surface area contributed by atoms with Crippen molar-refractivity contribution in [2.75, 3.05) is 6.61 Å². The van der Waals surface area contributed by atoms with Crippen LogP contribution in [0.1, 0.15) is 64.0 Å². The minimum absolute atomic E-state index is 0.0535. The summed E-state index contributed by atoms with van der Waals surface area (Å²) >= 11 is 0. The predicted octanol–water partition coefficient (Wildman–Crippen LogP) is 4.70. The van der Waals surface area contributed by atoms with E-state index in [2.05, 4.69) is 22.8 Å². The smallest absolute Gasteiger partial charge is 0.407 e. The van der Waals surface area contributed by atoms with Gasteiger partial charge in [-0.1, -0.05) is 76.2 Å². The summed E-state index contributed by atoms with van der Waals surface area (Å²) in [7, 11) is 0. The van der Waals surface area contributed by atoms with Gasteiger partial charge < -0.3 is 20.5 Å². The molecular formula is C27H34N2O5. The van der Waals surface area contributed by atoms with Crippen LogP contribution in [0.2, 0.25) is 0 Å². The van der Waals surface area contributed by atoms with Gasteiger partial charge in [-0.25, -0.2) is 9.59 Å². The van der Waals surface area contributed by atoms with Crippen LogP contribution in [0.4, 0.5) is 4.79 Å². The number of rotatable bonds is 9. The zero-order valence-corrected chi connectivity index (χ0v) is 20.3. The van der Waals surface area contributed by atoms with Gasteiger partial charge in [0, 0.05) is 5.92 Å². The molecule has 2 aromatic rings. The second-order valence-corrected chi connectivity index (χ2v) is 9.93. The number of carbonyl (C=O) groups excluding carboxylic acids is 2. The highest BCUT2D eigenvalue weighted by Crippen LogP contribution is 2.44. The van der Waals surface area contributed by atoms with Gasteiger partial charge in [-0.3, -0.25) is 4.79 Å². The topological polar surface area (TPSA) is 105 Å². The van der Waals surface area contributed by atoms with Crippen LogP contribution >= 0.6 is 0 Å². The number of carbonyl (C=O) groups is 3. The van der Waals surface area contributed by atoms with Gasteiger partial charge in [-0.05, 0) is 46.9 Å². The Morgan fingerprint density at radius 1 is 0.941 bits per heavy atom. The fourth-order valence-electron chi connectivity index (χ4n) is 4.24. The SMILES string of the molecule is CC[C@H](NC(=O)OCC1c2ccccc2-c2ccccc21)C(=O)NC(CCC(C)(C)C)C(=O)O. The Morgan fingerprint density at radius 3 is 2.00 bits per heavy atom. The molecule has 34 heavy (non-hydrogen) atoms. The van der Waals surface area contributed by atoms with Crippen molar-refractivity contribution in [3.63, 3.8) is 0 Å². The van der Waals surface area contributed by atoms with Crippen LogP contribution in [0, 0.1) is 5.41 Å². The second-order valence-electron chi connectivity index (χ2n) is 9.93. The van der Waals surface area contributed by atoms with Gasteiger partial charge >= 0.3 is 12.1 Å². The molecule has 1 aliphatic carbocycles. The Bertz CT molecular complexity index is 998. The fraction of sp³-hybridized carbons (Fsp3) is 0.444. The predicted molar refractivity (Wildman–Crippen MR) is 131 cm³/mol. The first kappa shape index (κ1) is 25.3. The van der Waals surface area contributed by atoms with E-state index in [4.69, 9.17) is 4.74 Å². The molecule has 1 aliphatic rings. The van der Waals surface area contributed by atoms with Crippen molar-refractivity contribution in [1.29, 1.82) is 0 Å². The molecule has 0 aliphatic heterocycles. The van der Waals surface area contributed by atoms with Crippen molar-refractivity contribution in [3.05, 3.63) is 59.7 Å². The maximum absolute atomic E-state index is 12.7. The third-order valence-corrected chi connectivity index (χ3v) is 6.16. The third-order valence-electron chi connectivity index (χ3n) is 6.16. The molecule has 0 radical (unpaired) electrons. The lowest BCUT2D eigenvalue weighted by Gasteiger charge is -2.24. The highest BCUT2D eigenvalue weighted by molar-refractivity contribution is 5.89. The summed E-state index contributed by atoms with van der Waals surface area (Å²) in [6.45, 7) is 7.93. The van der Waals surface area contributed by atoms with Crippen LogP contribution in [-0.4, -0.2) is 41.8 Å². The van der Waals surface area contributed by atoms with E-state index in [9.17, 15) is 19.5 Å². The molecule has 0 aromatic heterocycles. The molecule has 7 heteroatoms. The van der Waals surface area contributed by atoms with Gasteiger partial charge in [-0.2, -0.15) is 0 Å². The summed E-state index contributed by atoms with van der Waals surface area (Å²) in [4.78, 5) is 36.8. The van der Waals surface area contributed by atoms with Gasteiger partial charge in [0.1, 0.15) is 18.7 Å². The van der Waals surface area contributed by atoms with E-state index >= 15 is 0 Å². The van der Waals surface area contributed by atoms with Crippen molar-refractivity contribution in [3.8, 4) is 11.1 Å². The van der Waals surface area contributed by atoms with Gasteiger partial charge in [0.25, 0.3) is 0 Å². The molecule has 2 atom stereocenters. The first-order chi connectivity index (χ1) is 16.1. The standard InChI is InChI=1S/C27H34N2O5/c1-5-22(24(30)28-23(25(31)32)14-15-27(2,3)4)29-26(33)34-16-21-19-12-8-6-10-17(19)18-11-7-9-13-20(18)21/h6-13,21-23H,5,14-16H2,1-4H3,(H,28,30)(H,29,33)(H,31,32)/t22-,23?/m0/s1. The van der Waals surface area contributed by atoms with E-state index in [1.807, 2.05) is 57.2 Å². The van der Waals surface area contributed by atoms with Crippen LogP contribution in [0.25, 0.3) is 11.1 Å². The van der Waals surface area contributed by atoms with Crippen LogP contribution in [0.5, 0.6) is 0 Å². The Morgan fingerprint density at radius 2 is 1.50 bits per heavy atom. The Kier molecular flexibility index (Phi) is 7.97. The van der Waals surface area contributed by atoms with Gasteiger partial charge in [0.2, 0.25) is 5.91 Å². The quantitative estimate of drug-likeness (QED) is 0.497. The van der Waals surface area contributed by atoms with Crippen molar-refractivity contribution in [1.82, 2.24) is 10.6 Å². The first-order valence-electron chi connectivity index (χ1n) is 11.8. The highest BCUT2D eigenvalue weighted by Gasteiger charge is 2.30. The molecule has 3 rings (SSSR count). The van der Waals surface area contributed by atoms with Crippen molar-refractivity contribution < 1.29 is 24.2 Å². The summed E-state index contributed by atoms with van der Waals surface area (Å²) in [6, 6.07) is 14.2. The lowest BCUT2D eigenvalue weighted by molar-refractivity contribution is -0.142. The summed E-state index contributed by atoms with van der Waals surface area (Å²) in [5.41, 5.74) is 4.41. The number of hydrogen-bond acceptors (Lipinski definition) is 4. The van der Waals surface area contributed by atoms with Crippen molar-refractivity contribution in [2.24, 2.45) is 5.41 Å². The molecule has 3 N–H and O–H groups in total. The number of hydrogen-bond donors (Lipinski definition) is 3. The number of nitrogens with one attached hydrogen (secondary N) is 2. The van der Waals surface area contributed by atoms with Crippen molar-refractivity contribution in [2.45, 2.75) is 65.0 Å². The maximum atomic E-state index is 12.7. The molecule has 7 nitrogen and oxygen atoms in total. The lowest BCUT2D eigenvalue weighted by Crippen LogP contribution is -2.51. The first-order valence-corrected chi connectivity index (χ1v) is 11.8. The van der Waals surface area contributed by atoms with Crippen LogP contribution in [0.15, 0.2) is 48.5 Å². The monoisotopic (exact) mass is 466 g/mol. The van der Waals surface area contributed by atoms with E-state index in [-0.39, 0.29) is 17.9 Å². The molecule has 2 aromatic carbocycles. The zero-order chi connectivity index (χ0) is 24.9. The Hall–Kier alpha value is -3.35. The fourth-order valence-corrected chi connectivity index (χ4v) is 4.24. The summed E-state index contributed by atoms with van der Waals surface area (Å²) < 4.78 is 5.52. The third kappa shape index (κ3) is 6.16. The number of aliphatic carboxylic acids is 1. The number of amides is 2. The average molecular weight is 467 g/mol. The van der Waals surface area contributed by atoms with Gasteiger partial charge in [-0.15, -0.1) is 0 Å². The molecule has 0 bridgehead atoms. The highest BCUT2D eigenvalue weighted by atomic mass is 16.5. The molecule has 182 valence electrons. The largest absolute Gasteiger partial charge is 0.480 e. The van der Waals surface area contributed by atoms with E-state index in [1.54, 1.807) is 6.92 Å². The van der Waals surface area contributed by atoms with Crippen molar-refractivity contribution >= 4 is 18.0 Å². The van der Waals surface area contributed by atoms with Crippen LogP contribution in [0.3, 0.4) is 0 Å². The van der Waals surface area contributed by atoms with E-state index in [1.165, 1.54) is 0 Å².